The lowest BCUT2D eigenvalue weighted by molar-refractivity contribution is 0.0787. The quantitative estimate of drug-likeness (QED) is 0.871. The number of benzene rings is 1. The molecule has 2 rings (SSSR count). The van der Waals surface area contributed by atoms with Gasteiger partial charge in [-0.25, -0.2) is 9.97 Å². The average Bonchev–Trinajstić information content (AvgIpc) is 2.54. The van der Waals surface area contributed by atoms with Crippen molar-refractivity contribution in [2.45, 2.75) is 40.5 Å². The lowest BCUT2D eigenvalue weighted by Gasteiger charge is -2.17. The number of unbranched alkanes of at least 4 members (excludes halogenated alkanes) is 1. The summed E-state index contributed by atoms with van der Waals surface area (Å²) in [6.07, 6.45) is 2.04. The van der Waals surface area contributed by atoms with Crippen molar-refractivity contribution in [2.24, 2.45) is 0 Å². The third kappa shape index (κ3) is 4.54. The summed E-state index contributed by atoms with van der Waals surface area (Å²) in [5.74, 6) is 1.15. The van der Waals surface area contributed by atoms with Crippen molar-refractivity contribution in [3.63, 3.8) is 0 Å². The molecule has 1 amide bonds. The van der Waals surface area contributed by atoms with Crippen LogP contribution in [0.2, 0.25) is 0 Å². The van der Waals surface area contributed by atoms with Crippen LogP contribution in [-0.2, 0) is 0 Å². The molecule has 0 radical (unpaired) electrons. The van der Waals surface area contributed by atoms with Gasteiger partial charge in [0, 0.05) is 25.3 Å². The Labute approximate surface area is 144 Å². The summed E-state index contributed by atoms with van der Waals surface area (Å²) < 4.78 is 0. The van der Waals surface area contributed by atoms with Crippen LogP contribution in [0.4, 0.5) is 11.5 Å². The maximum atomic E-state index is 12.5. The van der Waals surface area contributed by atoms with E-state index >= 15 is 0 Å². The largest absolute Gasteiger partial charge is 0.340 e. The van der Waals surface area contributed by atoms with Crippen molar-refractivity contribution >= 4 is 17.4 Å². The Balaban J connectivity index is 2.25. The molecular formula is C19H26N4O. The SMILES string of the molecule is CCCCN(C)C(=O)c1cc(Nc2cc(C)ccc2C)nc(C)n1. The van der Waals surface area contributed by atoms with Crippen molar-refractivity contribution in [1.82, 2.24) is 14.9 Å². The summed E-state index contributed by atoms with van der Waals surface area (Å²) in [4.78, 5) is 23.0. The number of rotatable bonds is 6. The second kappa shape index (κ2) is 7.90. The number of hydrogen-bond donors (Lipinski definition) is 1. The number of aryl methyl sites for hydroxylation is 3. The molecular weight excluding hydrogens is 300 g/mol. The van der Waals surface area contributed by atoms with Crippen LogP contribution in [0, 0.1) is 20.8 Å². The molecule has 2 aromatic rings. The lowest BCUT2D eigenvalue weighted by Crippen LogP contribution is -2.28. The maximum Gasteiger partial charge on any atom is 0.272 e. The molecule has 128 valence electrons. The number of hydrogen-bond acceptors (Lipinski definition) is 4. The molecule has 1 N–H and O–H groups in total. The third-order valence-corrected chi connectivity index (χ3v) is 3.91. The molecule has 5 nitrogen and oxygen atoms in total. The fraction of sp³-hybridized carbons (Fsp3) is 0.421. The van der Waals surface area contributed by atoms with E-state index < -0.39 is 0 Å². The van der Waals surface area contributed by atoms with E-state index in [0.29, 0.717) is 17.3 Å². The summed E-state index contributed by atoms with van der Waals surface area (Å²) in [5, 5.41) is 3.31. The number of nitrogens with zero attached hydrogens (tertiary/aromatic N) is 3. The van der Waals surface area contributed by atoms with Crippen LogP contribution >= 0.6 is 0 Å². The van der Waals surface area contributed by atoms with Gasteiger partial charge < -0.3 is 10.2 Å². The van der Waals surface area contributed by atoms with E-state index in [0.717, 1.165) is 30.6 Å². The summed E-state index contributed by atoms with van der Waals surface area (Å²) in [6.45, 7) is 8.74. The van der Waals surface area contributed by atoms with Crippen LogP contribution in [0.1, 0.15) is 47.2 Å². The van der Waals surface area contributed by atoms with Crippen LogP contribution in [0.25, 0.3) is 0 Å². The molecule has 1 aromatic heterocycles. The lowest BCUT2D eigenvalue weighted by atomic mass is 10.1. The molecule has 0 spiro atoms. The monoisotopic (exact) mass is 326 g/mol. The Morgan fingerprint density at radius 2 is 1.92 bits per heavy atom. The van der Waals surface area contributed by atoms with Gasteiger partial charge in [-0.2, -0.15) is 0 Å². The predicted octanol–water partition coefficient (Wildman–Crippen LogP) is 4.02. The van der Waals surface area contributed by atoms with Crippen molar-refractivity contribution in [3.8, 4) is 0 Å². The zero-order valence-electron chi connectivity index (χ0n) is 15.2. The van der Waals surface area contributed by atoms with Gasteiger partial charge >= 0.3 is 0 Å². The molecule has 0 saturated carbocycles. The first kappa shape index (κ1) is 17.9. The molecule has 0 bridgehead atoms. The van der Waals surface area contributed by atoms with Gasteiger partial charge in [-0.15, -0.1) is 0 Å². The summed E-state index contributed by atoms with van der Waals surface area (Å²) in [6, 6.07) is 7.93. The van der Waals surface area contributed by atoms with E-state index in [4.69, 9.17) is 0 Å². The van der Waals surface area contributed by atoms with E-state index in [1.165, 1.54) is 5.56 Å². The number of anilines is 2. The molecule has 1 heterocycles. The van der Waals surface area contributed by atoms with Gasteiger partial charge in [0.25, 0.3) is 5.91 Å². The standard InChI is InChI=1S/C19H26N4O/c1-6-7-10-23(5)19(24)17-12-18(21-15(4)20-17)22-16-11-13(2)8-9-14(16)3/h8-9,11-12H,6-7,10H2,1-5H3,(H,20,21,22). The minimum absolute atomic E-state index is 0.0713. The Hall–Kier alpha value is -2.43. The Kier molecular flexibility index (Phi) is 5.90. The van der Waals surface area contributed by atoms with Crippen LogP contribution in [-0.4, -0.2) is 34.4 Å². The molecule has 0 saturated heterocycles. The van der Waals surface area contributed by atoms with Crippen molar-refractivity contribution < 1.29 is 4.79 Å². The van der Waals surface area contributed by atoms with Gasteiger partial charge in [0.1, 0.15) is 17.3 Å². The maximum absolute atomic E-state index is 12.5. The molecule has 0 atom stereocenters. The van der Waals surface area contributed by atoms with Gasteiger partial charge in [0.15, 0.2) is 0 Å². The molecule has 1 aromatic carbocycles. The Bertz CT molecular complexity index is 727. The predicted molar refractivity (Wildman–Crippen MR) is 97.8 cm³/mol. The zero-order chi connectivity index (χ0) is 17.7. The number of nitrogens with one attached hydrogen (secondary N) is 1. The van der Waals surface area contributed by atoms with Crippen LogP contribution in [0.5, 0.6) is 0 Å². The normalized spacial score (nSPS) is 10.5. The van der Waals surface area contributed by atoms with Gasteiger partial charge in [0.2, 0.25) is 0 Å². The Morgan fingerprint density at radius 3 is 2.62 bits per heavy atom. The van der Waals surface area contributed by atoms with Gasteiger partial charge in [-0.3, -0.25) is 4.79 Å². The second-order valence-corrected chi connectivity index (χ2v) is 6.21. The number of amides is 1. The van der Waals surface area contributed by atoms with Crippen molar-refractivity contribution in [2.75, 3.05) is 18.9 Å². The number of aromatic nitrogens is 2. The first-order valence-electron chi connectivity index (χ1n) is 8.36. The highest BCUT2D eigenvalue weighted by Crippen LogP contribution is 2.21. The van der Waals surface area contributed by atoms with Gasteiger partial charge in [-0.05, 0) is 44.4 Å². The van der Waals surface area contributed by atoms with Gasteiger partial charge in [-0.1, -0.05) is 25.5 Å². The van der Waals surface area contributed by atoms with Crippen LogP contribution in [0.15, 0.2) is 24.3 Å². The highest BCUT2D eigenvalue weighted by atomic mass is 16.2. The topological polar surface area (TPSA) is 58.1 Å². The molecule has 5 heteroatoms. The smallest absolute Gasteiger partial charge is 0.272 e. The first-order valence-corrected chi connectivity index (χ1v) is 8.36. The third-order valence-electron chi connectivity index (χ3n) is 3.91. The molecule has 0 unspecified atom stereocenters. The van der Waals surface area contributed by atoms with E-state index in [1.54, 1.807) is 17.9 Å². The summed E-state index contributed by atoms with van der Waals surface area (Å²) >= 11 is 0. The van der Waals surface area contributed by atoms with Crippen LogP contribution < -0.4 is 5.32 Å². The molecule has 0 fully saturated rings. The minimum atomic E-state index is -0.0713. The fourth-order valence-electron chi connectivity index (χ4n) is 2.44. The minimum Gasteiger partial charge on any atom is -0.340 e. The van der Waals surface area contributed by atoms with E-state index in [9.17, 15) is 4.79 Å². The molecule has 0 aliphatic carbocycles. The van der Waals surface area contributed by atoms with E-state index in [2.05, 4.69) is 40.4 Å². The average molecular weight is 326 g/mol. The summed E-state index contributed by atoms with van der Waals surface area (Å²) in [5.41, 5.74) is 3.72. The van der Waals surface area contributed by atoms with Crippen molar-refractivity contribution in [3.05, 3.63) is 46.9 Å². The Morgan fingerprint density at radius 1 is 1.17 bits per heavy atom. The number of carbonyl (C=O) groups excluding carboxylic acids is 1. The van der Waals surface area contributed by atoms with Gasteiger partial charge in [0.05, 0.1) is 0 Å². The van der Waals surface area contributed by atoms with Crippen molar-refractivity contribution in [1.29, 1.82) is 0 Å². The number of carbonyl (C=O) groups is 1. The molecule has 0 aliphatic rings. The van der Waals surface area contributed by atoms with Crippen LogP contribution in [0.3, 0.4) is 0 Å². The zero-order valence-corrected chi connectivity index (χ0v) is 15.2. The highest BCUT2D eigenvalue weighted by Gasteiger charge is 2.15. The first-order chi connectivity index (χ1) is 11.4. The highest BCUT2D eigenvalue weighted by molar-refractivity contribution is 5.93. The van der Waals surface area contributed by atoms with E-state index in [-0.39, 0.29) is 5.91 Å². The fourth-order valence-corrected chi connectivity index (χ4v) is 2.44. The van der Waals surface area contributed by atoms with E-state index in [1.807, 2.05) is 20.9 Å². The second-order valence-electron chi connectivity index (χ2n) is 6.21. The molecule has 24 heavy (non-hydrogen) atoms. The summed E-state index contributed by atoms with van der Waals surface area (Å²) in [7, 11) is 1.81. The molecule has 0 aliphatic heterocycles.